The van der Waals surface area contributed by atoms with Crippen LogP contribution < -0.4 is 0 Å². The van der Waals surface area contributed by atoms with E-state index in [0.717, 1.165) is 4.88 Å². The number of thiophene rings is 1. The molecule has 0 amide bonds. The third kappa shape index (κ3) is 2.50. The molecule has 0 atom stereocenters. The lowest BCUT2D eigenvalue weighted by Gasteiger charge is -2.03. The molecular formula is C14H7Cl2NO2S. The van der Waals surface area contributed by atoms with Gasteiger partial charge in [-0.05, 0) is 35.7 Å². The maximum absolute atomic E-state index is 11.8. The van der Waals surface area contributed by atoms with Gasteiger partial charge in [-0.2, -0.15) is 0 Å². The molecule has 1 aromatic heterocycles. The third-order valence-electron chi connectivity index (χ3n) is 2.71. The molecule has 1 aromatic carbocycles. The Balaban J connectivity index is 2.06. The Morgan fingerprint density at radius 1 is 1.25 bits per heavy atom. The fraction of sp³-hybridized carbons (Fsp3) is 0. The lowest BCUT2D eigenvalue weighted by Crippen LogP contribution is -2.07. The second kappa shape index (κ2) is 5.40. The first-order valence-corrected chi connectivity index (χ1v) is 7.29. The standard InChI is InChI=1S/C14H7Cl2NO2S/c15-8-3-4-10(12(16)6-8)13-11(14(18)19-17-13)7-9-2-1-5-20-9/h1-7H. The van der Waals surface area contributed by atoms with E-state index in [2.05, 4.69) is 5.16 Å². The zero-order chi connectivity index (χ0) is 14.1. The smallest absolute Gasteiger partial charge is 0.312 e. The molecule has 1 aliphatic rings. The summed E-state index contributed by atoms with van der Waals surface area (Å²) in [5.41, 5.74) is 1.42. The van der Waals surface area contributed by atoms with Gasteiger partial charge in [-0.3, -0.25) is 0 Å². The summed E-state index contributed by atoms with van der Waals surface area (Å²) in [6.45, 7) is 0. The van der Waals surface area contributed by atoms with Gasteiger partial charge in [0.25, 0.3) is 0 Å². The summed E-state index contributed by atoms with van der Waals surface area (Å²) in [6.07, 6.45) is 1.74. The van der Waals surface area contributed by atoms with Gasteiger partial charge in [0, 0.05) is 15.5 Å². The minimum atomic E-state index is -0.487. The molecule has 0 saturated heterocycles. The average Bonchev–Trinajstić information content (AvgIpc) is 3.03. The molecule has 20 heavy (non-hydrogen) atoms. The van der Waals surface area contributed by atoms with Crippen molar-refractivity contribution in [3.63, 3.8) is 0 Å². The van der Waals surface area contributed by atoms with Crippen molar-refractivity contribution in [2.24, 2.45) is 5.16 Å². The Morgan fingerprint density at radius 2 is 2.10 bits per heavy atom. The topological polar surface area (TPSA) is 38.7 Å². The monoisotopic (exact) mass is 323 g/mol. The number of hydrogen-bond acceptors (Lipinski definition) is 4. The van der Waals surface area contributed by atoms with Crippen LogP contribution in [0.3, 0.4) is 0 Å². The Kier molecular flexibility index (Phi) is 3.61. The van der Waals surface area contributed by atoms with Crippen LogP contribution >= 0.6 is 34.5 Å². The van der Waals surface area contributed by atoms with Gasteiger partial charge in [0.15, 0.2) is 0 Å². The van der Waals surface area contributed by atoms with Gasteiger partial charge in [-0.15, -0.1) is 11.3 Å². The Bertz CT molecular complexity index is 736. The van der Waals surface area contributed by atoms with Crippen molar-refractivity contribution in [1.82, 2.24) is 0 Å². The van der Waals surface area contributed by atoms with Crippen molar-refractivity contribution >= 4 is 52.3 Å². The molecule has 3 nitrogen and oxygen atoms in total. The van der Waals surface area contributed by atoms with Crippen LogP contribution in [0.5, 0.6) is 0 Å². The van der Waals surface area contributed by atoms with E-state index in [9.17, 15) is 4.79 Å². The SMILES string of the molecule is O=C1ON=C(c2ccc(Cl)cc2Cl)C1=Cc1cccs1. The molecule has 0 saturated carbocycles. The first-order valence-electron chi connectivity index (χ1n) is 5.65. The van der Waals surface area contributed by atoms with Crippen molar-refractivity contribution in [2.45, 2.75) is 0 Å². The van der Waals surface area contributed by atoms with E-state index in [1.54, 1.807) is 24.3 Å². The Labute approximate surface area is 129 Å². The van der Waals surface area contributed by atoms with E-state index in [0.29, 0.717) is 26.9 Å². The number of carbonyl (C=O) groups is 1. The molecule has 0 radical (unpaired) electrons. The van der Waals surface area contributed by atoms with Crippen molar-refractivity contribution < 1.29 is 9.63 Å². The summed E-state index contributed by atoms with van der Waals surface area (Å²) in [5, 5.41) is 6.69. The molecule has 0 unspecified atom stereocenters. The average molecular weight is 324 g/mol. The second-order valence-electron chi connectivity index (χ2n) is 4.02. The number of nitrogens with zero attached hydrogens (tertiary/aromatic N) is 1. The van der Waals surface area contributed by atoms with Crippen LogP contribution in [0.2, 0.25) is 10.0 Å². The molecule has 6 heteroatoms. The number of hydrogen-bond donors (Lipinski definition) is 0. The number of carbonyl (C=O) groups excluding carboxylic acids is 1. The zero-order valence-corrected chi connectivity index (χ0v) is 12.3. The van der Waals surface area contributed by atoms with Gasteiger partial charge in [-0.25, -0.2) is 4.79 Å². The highest BCUT2D eigenvalue weighted by atomic mass is 35.5. The summed E-state index contributed by atoms with van der Waals surface area (Å²) < 4.78 is 0. The van der Waals surface area contributed by atoms with Gasteiger partial charge in [-0.1, -0.05) is 34.4 Å². The number of oxime groups is 1. The lowest BCUT2D eigenvalue weighted by molar-refractivity contribution is -0.136. The lowest BCUT2D eigenvalue weighted by atomic mass is 10.0. The molecule has 0 fully saturated rings. The predicted octanol–water partition coefficient (Wildman–Crippen LogP) is 4.40. The normalized spacial score (nSPS) is 16.4. The van der Waals surface area contributed by atoms with Crippen molar-refractivity contribution in [2.75, 3.05) is 0 Å². The first kappa shape index (κ1) is 13.4. The highest BCUT2D eigenvalue weighted by Crippen LogP contribution is 2.28. The van der Waals surface area contributed by atoms with Crippen molar-refractivity contribution in [1.29, 1.82) is 0 Å². The van der Waals surface area contributed by atoms with Crippen LogP contribution in [0.15, 0.2) is 46.4 Å². The van der Waals surface area contributed by atoms with Crippen LogP contribution in [0.25, 0.3) is 6.08 Å². The molecule has 100 valence electrons. The summed E-state index contributed by atoms with van der Waals surface area (Å²) in [5.74, 6) is -0.487. The fourth-order valence-corrected chi connectivity index (χ4v) is 2.96. The van der Waals surface area contributed by atoms with E-state index >= 15 is 0 Å². The second-order valence-corrected chi connectivity index (χ2v) is 5.84. The van der Waals surface area contributed by atoms with Crippen molar-refractivity contribution in [3.05, 3.63) is 61.8 Å². The van der Waals surface area contributed by atoms with E-state index in [1.165, 1.54) is 11.3 Å². The highest BCUT2D eigenvalue weighted by Gasteiger charge is 2.28. The van der Waals surface area contributed by atoms with Crippen LogP contribution in [0.4, 0.5) is 0 Å². The number of rotatable bonds is 2. The first-order chi connectivity index (χ1) is 9.65. The molecular weight excluding hydrogens is 317 g/mol. The summed E-state index contributed by atoms with van der Waals surface area (Å²) in [6, 6.07) is 8.82. The highest BCUT2D eigenvalue weighted by molar-refractivity contribution is 7.10. The molecule has 1 aliphatic heterocycles. The molecule has 3 rings (SSSR count). The molecule has 0 bridgehead atoms. The fourth-order valence-electron chi connectivity index (χ4n) is 1.80. The van der Waals surface area contributed by atoms with Crippen LogP contribution in [0.1, 0.15) is 10.4 Å². The van der Waals surface area contributed by atoms with Crippen LogP contribution in [-0.4, -0.2) is 11.7 Å². The van der Waals surface area contributed by atoms with Gasteiger partial charge < -0.3 is 4.84 Å². The molecule has 2 aromatic rings. The number of halogens is 2. The molecule has 0 aliphatic carbocycles. The number of benzene rings is 1. The summed E-state index contributed by atoms with van der Waals surface area (Å²) >= 11 is 13.5. The zero-order valence-electron chi connectivity index (χ0n) is 9.97. The van der Waals surface area contributed by atoms with Crippen LogP contribution in [-0.2, 0) is 9.63 Å². The molecule has 0 spiro atoms. The van der Waals surface area contributed by atoms with Gasteiger partial charge >= 0.3 is 5.97 Å². The van der Waals surface area contributed by atoms with Crippen LogP contribution in [0, 0.1) is 0 Å². The van der Waals surface area contributed by atoms with E-state index in [1.807, 2.05) is 17.5 Å². The Morgan fingerprint density at radius 3 is 2.80 bits per heavy atom. The van der Waals surface area contributed by atoms with Gasteiger partial charge in [0.1, 0.15) is 5.71 Å². The Hall–Kier alpha value is -1.62. The molecule has 0 N–H and O–H groups in total. The maximum atomic E-state index is 11.8. The van der Waals surface area contributed by atoms with Gasteiger partial charge in [0.05, 0.1) is 10.6 Å². The third-order valence-corrected chi connectivity index (χ3v) is 4.08. The maximum Gasteiger partial charge on any atom is 0.368 e. The summed E-state index contributed by atoms with van der Waals surface area (Å²) in [7, 11) is 0. The quantitative estimate of drug-likeness (QED) is 0.607. The molecule has 2 heterocycles. The minimum Gasteiger partial charge on any atom is -0.312 e. The van der Waals surface area contributed by atoms with Gasteiger partial charge in [0.2, 0.25) is 0 Å². The van der Waals surface area contributed by atoms with E-state index in [4.69, 9.17) is 28.0 Å². The summed E-state index contributed by atoms with van der Waals surface area (Å²) in [4.78, 5) is 17.5. The minimum absolute atomic E-state index is 0.386. The van der Waals surface area contributed by atoms with Crippen molar-refractivity contribution in [3.8, 4) is 0 Å². The largest absolute Gasteiger partial charge is 0.368 e. The van der Waals surface area contributed by atoms with E-state index < -0.39 is 5.97 Å². The predicted molar refractivity (Wildman–Crippen MR) is 81.4 cm³/mol. The van der Waals surface area contributed by atoms with E-state index in [-0.39, 0.29) is 0 Å².